The number of hydrogen-bond acceptors (Lipinski definition) is 3. The quantitative estimate of drug-likeness (QED) is 0.567. The standard InChI is InChI=1S/C11H21N3O2/c1-8(15)13-6-7-14-10-4-2-9(3-5-10)11(12)16/h9-10,14H,2-7H2,1H3,(H2,12,16)(H,13,15). The van der Waals surface area contributed by atoms with Gasteiger partial charge in [-0.15, -0.1) is 0 Å². The van der Waals surface area contributed by atoms with Crippen LogP contribution in [0.3, 0.4) is 0 Å². The predicted molar refractivity (Wildman–Crippen MR) is 61.6 cm³/mol. The second-order valence-electron chi connectivity index (χ2n) is 4.39. The summed E-state index contributed by atoms with van der Waals surface area (Å²) in [6.45, 7) is 2.95. The normalized spacial score (nSPS) is 25.1. The maximum absolute atomic E-state index is 11.0. The molecule has 0 saturated heterocycles. The number of nitrogens with one attached hydrogen (secondary N) is 2. The highest BCUT2D eigenvalue weighted by Gasteiger charge is 2.23. The number of nitrogens with two attached hydrogens (primary N) is 1. The molecule has 0 spiro atoms. The molecular formula is C11H21N3O2. The summed E-state index contributed by atoms with van der Waals surface area (Å²) >= 11 is 0. The number of amides is 2. The molecule has 1 aliphatic rings. The lowest BCUT2D eigenvalue weighted by atomic mass is 9.85. The monoisotopic (exact) mass is 227 g/mol. The first-order chi connectivity index (χ1) is 7.59. The van der Waals surface area contributed by atoms with Crippen LogP contribution in [0.4, 0.5) is 0 Å². The Morgan fingerprint density at radius 2 is 1.81 bits per heavy atom. The van der Waals surface area contributed by atoms with Crippen LogP contribution >= 0.6 is 0 Å². The van der Waals surface area contributed by atoms with Crippen LogP contribution in [0.1, 0.15) is 32.6 Å². The summed E-state index contributed by atoms with van der Waals surface area (Å²) in [6, 6.07) is 0.462. The van der Waals surface area contributed by atoms with Gasteiger partial charge >= 0.3 is 0 Å². The summed E-state index contributed by atoms with van der Waals surface area (Å²) in [5, 5.41) is 6.11. The first-order valence-corrected chi connectivity index (χ1v) is 5.86. The molecule has 1 saturated carbocycles. The largest absolute Gasteiger partial charge is 0.369 e. The summed E-state index contributed by atoms with van der Waals surface area (Å²) in [5.74, 6) is -0.107. The summed E-state index contributed by atoms with van der Waals surface area (Å²) in [7, 11) is 0. The third-order valence-corrected chi connectivity index (χ3v) is 3.06. The smallest absolute Gasteiger partial charge is 0.220 e. The number of rotatable bonds is 5. The fraction of sp³-hybridized carbons (Fsp3) is 0.818. The molecule has 0 atom stereocenters. The zero-order valence-corrected chi connectivity index (χ0v) is 9.79. The Hall–Kier alpha value is -1.10. The van der Waals surface area contributed by atoms with Crippen LogP contribution in [-0.2, 0) is 9.59 Å². The second-order valence-corrected chi connectivity index (χ2v) is 4.39. The number of hydrogen-bond donors (Lipinski definition) is 3. The Bertz CT molecular complexity index is 248. The maximum atomic E-state index is 11.0. The highest BCUT2D eigenvalue weighted by Crippen LogP contribution is 2.23. The van der Waals surface area contributed by atoms with Gasteiger partial charge in [0.2, 0.25) is 11.8 Å². The van der Waals surface area contributed by atoms with Crippen molar-refractivity contribution >= 4 is 11.8 Å². The van der Waals surface area contributed by atoms with Gasteiger partial charge in [0.05, 0.1) is 0 Å². The zero-order chi connectivity index (χ0) is 12.0. The minimum Gasteiger partial charge on any atom is -0.369 e. The minimum atomic E-state index is -0.170. The zero-order valence-electron chi connectivity index (χ0n) is 9.79. The van der Waals surface area contributed by atoms with Gasteiger partial charge in [0.15, 0.2) is 0 Å². The van der Waals surface area contributed by atoms with Crippen molar-refractivity contribution < 1.29 is 9.59 Å². The number of primary amides is 1. The van der Waals surface area contributed by atoms with Gasteiger partial charge in [-0.25, -0.2) is 0 Å². The summed E-state index contributed by atoms with van der Waals surface area (Å²) in [4.78, 5) is 21.6. The van der Waals surface area contributed by atoms with E-state index in [0.717, 1.165) is 32.2 Å². The molecule has 92 valence electrons. The Morgan fingerprint density at radius 3 is 2.31 bits per heavy atom. The number of carbonyl (C=O) groups is 2. The first-order valence-electron chi connectivity index (χ1n) is 5.86. The summed E-state index contributed by atoms with van der Waals surface area (Å²) in [5.41, 5.74) is 5.26. The average molecular weight is 227 g/mol. The van der Waals surface area contributed by atoms with Crippen LogP contribution < -0.4 is 16.4 Å². The predicted octanol–water partition coefficient (Wildman–Crippen LogP) is -0.244. The van der Waals surface area contributed by atoms with E-state index < -0.39 is 0 Å². The molecule has 16 heavy (non-hydrogen) atoms. The topological polar surface area (TPSA) is 84.2 Å². The van der Waals surface area contributed by atoms with Crippen LogP contribution in [0.25, 0.3) is 0 Å². The SMILES string of the molecule is CC(=O)NCCNC1CCC(C(N)=O)CC1. The van der Waals surface area contributed by atoms with Crippen LogP contribution in [-0.4, -0.2) is 30.9 Å². The van der Waals surface area contributed by atoms with E-state index in [2.05, 4.69) is 10.6 Å². The fourth-order valence-electron chi connectivity index (χ4n) is 2.10. The molecule has 0 heterocycles. The molecule has 5 heteroatoms. The van der Waals surface area contributed by atoms with Gasteiger partial charge in [-0.2, -0.15) is 0 Å². The Morgan fingerprint density at radius 1 is 1.19 bits per heavy atom. The molecular weight excluding hydrogens is 206 g/mol. The van der Waals surface area contributed by atoms with Crippen LogP contribution in [0.15, 0.2) is 0 Å². The van der Waals surface area contributed by atoms with Gasteiger partial charge in [-0.3, -0.25) is 9.59 Å². The van der Waals surface area contributed by atoms with Gasteiger partial charge in [-0.05, 0) is 25.7 Å². The maximum Gasteiger partial charge on any atom is 0.220 e. The number of carbonyl (C=O) groups excluding carboxylic acids is 2. The summed E-state index contributed by atoms with van der Waals surface area (Å²) in [6.07, 6.45) is 3.75. The van der Waals surface area contributed by atoms with Crippen molar-refractivity contribution in [3.05, 3.63) is 0 Å². The van der Waals surface area contributed by atoms with Gasteiger partial charge < -0.3 is 16.4 Å². The molecule has 4 N–H and O–H groups in total. The second kappa shape index (κ2) is 6.48. The highest BCUT2D eigenvalue weighted by atomic mass is 16.1. The van der Waals surface area contributed by atoms with E-state index in [1.54, 1.807) is 0 Å². The molecule has 0 unspecified atom stereocenters. The van der Waals surface area contributed by atoms with Crippen molar-refractivity contribution in [1.82, 2.24) is 10.6 Å². The third kappa shape index (κ3) is 4.61. The lowest BCUT2D eigenvalue weighted by Crippen LogP contribution is -2.40. The molecule has 0 aliphatic heterocycles. The Kier molecular flexibility index (Phi) is 5.25. The lowest BCUT2D eigenvalue weighted by Gasteiger charge is -2.27. The molecule has 5 nitrogen and oxygen atoms in total. The van der Waals surface area contributed by atoms with Gasteiger partial charge in [-0.1, -0.05) is 0 Å². The van der Waals surface area contributed by atoms with Crippen molar-refractivity contribution in [2.45, 2.75) is 38.6 Å². The van der Waals surface area contributed by atoms with E-state index in [-0.39, 0.29) is 17.7 Å². The highest BCUT2D eigenvalue weighted by molar-refractivity contribution is 5.76. The van der Waals surface area contributed by atoms with Crippen molar-refractivity contribution in [3.8, 4) is 0 Å². The molecule has 1 aliphatic carbocycles. The van der Waals surface area contributed by atoms with E-state index in [0.29, 0.717) is 12.6 Å². The van der Waals surface area contributed by atoms with E-state index in [4.69, 9.17) is 5.73 Å². The van der Waals surface area contributed by atoms with Crippen LogP contribution in [0, 0.1) is 5.92 Å². The van der Waals surface area contributed by atoms with Crippen LogP contribution in [0.5, 0.6) is 0 Å². The average Bonchev–Trinajstić information content (AvgIpc) is 2.25. The molecule has 0 radical (unpaired) electrons. The lowest BCUT2D eigenvalue weighted by molar-refractivity contribution is -0.123. The van der Waals surface area contributed by atoms with Crippen LogP contribution in [0.2, 0.25) is 0 Å². The molecule has 0 bridgehead atoms. The fourth-order valence-corrected chi connectivity index (χ4v) is 2.10. The van der Waals surface area contributed by atoms with Crippen molar-refractivity contribution in [1.29, 1.82) is 0 Å². The first kappa shape index (κ1) is 13.0. The van der Waals surface area contributed by atoms with E-state index >= 15 is 0 Å². The van der Waals surface area contributed by atoms with Crippen molar-refractivity contribution in [2.24, 2.45) is 11.7 Å². The van der Waals surface area contributed by atoms with Gasteiger partial charge in [0.1, 0.15) is 0 Å². The van der Waals surface area contributed by atoms with E-state index in [1.165, 1.54) is 6.92 Å². The Labute approximate surface area is 96.1 Å². The van der Waals surface area contributed by atoms with Gasteiger partial charge in [0, 0.05) is 32.0 Å². The summed E-state index contributed by atoms with van der Waals surface area (Å²) < 4.78 is 0. The van der Waals surface area contributed by atoms with Gasteiger partial charge in [0.25, 0.3) is 0 Å². The minimum absolute atomic E-state index is 0.000707. The third-order valence-electron chi connectivity index (χ3n) is 3.06. The van der Waals surface area contributed by atoms with Crippen molar-refractivity contribution in [3.63, 3.8) is 0 Å². The Balaban J connectivity index is 2.08. The molecule has 0 aromatic heterocycles. The van der Waals surface area contributed by atoms with E-state index in [9.17, 15) is 9.59 Å². The molecule has 2 amide bonds. The molecule has 0 aromatic rings. The molecule has 1 rings (SSSR count). The molecule has 0 aromatic carbocycles. The van der Waals surface area contributed by atoms with Crippen molar-refractivity contribution in [2.75, 3.05) is 13.1 Å². The van der Waals surface area contributed by atoms with E-state index in [1.807, 2.05) is 0 Å². The molecule has 1 fully saturated rings.